The second kappa shape index (κ2) is 5.90. The molecule has 1 saturated heterocycles. The van der Waals surface area contributed by atoms with Crippen molar-refractivity contribution in [3.63, 3.8) is 0 Å². The number of hydrogen-bond donors (Lipinski definition) is 2. The molecule has 2 heterocycles. The fourth-order valence-corrected chi connectivity index (χ4v) is 5.98. The third-order valence-electron chi connectivity index (χ3n) is 7.27. The lowest BCUT2D eigenvalue weighted by atomic mass is 9.53. The molecule has 2 aromatic carbocycles. The molecule has 2 aromatic rings. The Balaban J connectivity index is 1.52. The van der Waals surface area contributed by atoms with Gasteiger partial charge in [-0.05, 0) is 50.2 Å². The van der Waals surface area contributed by atoms with E-state index in [1.54, 1.807) is 0 Å². The van der Waals surface area contributed by atoms with Crippen LogP contribution in [0.3, 0.4) is 0 Å². The summed E-state index contributed by atoms with van der Waals surface area (Å²) >= 11 is 0. The van der Waals surface area contributed by atoms with E-state index in [0.717, 1.165) is 36.2 Å². The lowest BCUT2D eigenvalue weighted by Crippen LogP contribution is -2.64. The molecule has 0 radical (unpaired) electrons. The highest BCUT2D eigenvalue weighted by Crippen LogP contribution is 2.63. The summed E-state index contributed by atoms with van der Waals surface area (Å²) in [6.45, 7) is 0.955. The molecule has 2 N–H and O–H groups in total. The van der Waals surface area contributed by atoms with Crippen LogP contribution in [0.1, 0.15) is 17.5 Å². The average Bonchev–Trinajstić information content (AvgIpc) is 3.09. The number of azo groups is 1. The second-order valence-electron chi connectivity index (χ2n) is 8.63. The maximum atomic E-state index is 11.0. The Kier molecular flexibility index (Phi) is 3.50. The molecule has 0 saturated carbocycles. The monoisotopic (exact) mass is 389 g/mol. The number of phenols is 1. The minimum Gasteiger partial charge on any atom is -0.503 e. The first-order chi connectivity index (χ1) is 14.1. The number of aromatic hydroxyl groups is 1. The summed E-state index contributed by atoms with van der Waals surface area (Å²) in [4.78, 5) is 2.41. The van der Waals surface area contributed by atoms with Crippen LogP contribution < -0.4 is 4.74 Å². The van der Waals surface area contributed by atoms with E-state index in [4.69, 9.17) is 4.74 Å². The first kappa shape index (κ1) is 17.2. The van der Waals surface area contributed by atoms with E-state index in [0.29, 0.717) is 17.5 Å². The molecule has 148 valence electrons. The Labute approximate surface area is 169 Å². The number of rotatable bonds is 2. The Morgan fingerprint density at radius 1 is 1.17 bits per heavy atom. The molecule has 29 heavy (non-hydrogen) atoms. The Morgan fingerprint density at radius 3 is 2.83 bits per heavy atom. The molecule has 0 aromatic heterocycles. The summed E-state index contributed by atoms with van der Waals surface area (Å²) < 4.78 is 6.28. The van der Waals surface area contributed by atoms with Crippen molar-refractivity contribution in [3.05, 3.63) is 59.7 Å². The minimum atomic E-state index is -0.678. The number of nitrogens with zero attached hydrogens (tertiary/aromatic N) is 3. The summed E-state index contributed by atoms with van der Waals surface area (Å²) in [5.41, 5.74) is 3.10. The summed E-state index contributed by atoms with van der Waals surface area (Å²) in [6, 6.07) is 11.8. The normalized spacial score (nSPS) is 34.3. The molecular weight excluding hydrogens is 366 g/mol. The number of benzene rings is 2. The van der Waals surface area contributed by atoms with Crippen LogP contribution >= 0.6 is 0 Å². The number of piperidine rings is 1. The van der Waals surface area contributed by atoms with Gasteiger partial charge in [0.15, 0.2) is 11.5 Å². The van der Waals surface area contributed by atoms with Gasteiger partial charge >= 0.3 is 0 Å². The lowest BCUT2D eigenvalue weighted by molar-refractivity contribution is -0.0453. The third-order valence-corrected chi connectivity index (χ3v) is 7.27. The van der Waals surface area contributed by atoms with Gasteiger partial charge in [-0.1, -0.05) is 30.4 Å². The fourth-order valence-electron chi connectivity index (χ4n) is 5.98. The van der Waals surface area contributed by atoms with Gasteiger partial charge in [0, 0.05) is 22.9 Å². The molecule has 4 aliphatic rings. The van der Waals surface area contributed by atoms with Crippen LogP contribution in [0.2, 0.25) is 0 Å². The predicted molar refractivity (Wildman–Crippen MR) is 108 cm³/mol. The van der Waals surface area contributed by atoms with Gasteiger partial charge in [0.1, 0.15) is 17.9 Å². The van der Waals surface area contributed by atoms with Crippen LogP contribution in [-0.2, 0) is 11.8 Å². The Morgan fingerprint density at radius 2 is 2.00 bits per heavy atom. The van der Waals surface area contributed by atoms with Crippen LogP contribution in [-0.4, -0.2) is 47.0 Å². The number of likely N-dealkylation sites (N-methyl/N-ethyl adjacent to an activating group) is 1. The van der Waals surface area contributed by atoms with E-state index < -0.39 is 6.10 Å². The summed E-state index contributed by atoms with van der Waals surface area (Å²) in [6.07, 6.45) is 4.77. The van der Waals surface area contributed by atoms with Crippen molar-refractivity contribution >= 4 is 11.4 Å². The number of phenolic OH excluding ortho intramolecular Hbond substituents is 1. The molecule has 0 unspecified atom stereocenters. The molecule has 2 aliphatic carbocycles. The van der Waals surface area contributed by atoms with Gasteiger partial charge in [0.25, 0.3) is 0 Å². The quantitative estimate of drug-likeness (QED) is 0.608. The fraction of sp³-hybridized carbons (Fsp3) is 0.391. The van der Waals surface area contributed by atoms with Crippen LogP contribution in [0.15, 0.2) is 58.8 Å². The van der Waals surface area contributed by atoms with Gasteiger partial charge in [0.2, 0.25) is 0 Å². The highest BCUT2D eigenvalue weighted by atomic mass is 16.5. The van der Waals surface area contributed by atoms with Crippen molar-refractivity contribution in [2.24, 2.45) is 16.1 Å². The van der Waals surface area contributed by atoms with Gasteiger partial charge in [0.05, 0.1) is 5.69 Å². The third kappa shape index (κ3) is 2.18. The van der Waals surface area contributed by atoms with Gasteiger partial charge in [-0.25, -0.2) is 0 Å². The van der Waals surface area contributed by atoms with Crippen molar-refractivity contribution in [1.82, 2.24) is 4.90 Å². The van der Waals surface area contributed by atoms with E-state index in [1.807, 2.05) is 42.5 Å². The minimum absolute atomic E-state index is 0.0236. The molecule has 1 spiro atoms. The summed E-state index contributed by atoms with van der Waals surface area (Å²) in [5.74, 6) is 0.792. The van der Waals surface area contributed by atoms with Crippen LogP contribution in [0, 0.1) is 5.92 Å². The predicted octanol–water partition coefficient (Wildman–Crippen LogP) is 3.61. The summed E-state index contributed by atoms with van der Waals surface area (Å²) in [5, 5.41) is 30.3. The molecule has 1 fully saturated rings. The lowest BCUT2D eigenvalue weighted by Gasteiger charge is -2.56. The molecule has 6 heteroatoms. The van der Waals surface area contributed by atoms with Gasteiger partial charge in [-0.3, -0.25) is 0 Å². The van der Waals surface area contributed by atoms with Crippen LogP contribution in [0.4, 0.5) is 11.4 Å². The number of ether oxygens (including phenoxy) is 1. The molecule has 5 atom stereocenters. The highest BCUT2D eigenvalue weighted by Gasteiger charge is 2.64. The number of hydrogen-bond acceptors (Lipinski definition) is 6. The van der Waals surface area contributed by atoms with E-state index >= 15 is 0 Å². The van der Waals surface area contributed by atoms with E-state index in [2.05, 4.69) is 28.3 Å². The van der Waals surface area contributed by atoms with Gasteiger partial charge in [-0.2, -0.15) is 5.11 Å². The molecular formula is C23H23N3O3. The maximum Gasteiger partial charge on any atom is 0.186 e. The maximum absolute atomic E-state index is 11.0. The molecule has 6 nitrogen and oxygen atoms in total. The van der Waals surface area contributed by atoms with E-state index in [1.165, 1.54) is 0 Å². The van der Waals surface area contributed by atoms with Crippen molar-refractivity contribution < 1.29 is 14.9 Å². The van der Waals surface area contributed by atoms with Gasteiger partial charge < -0.3 is 19.8 Å². The van der Waals surface area contributed by atoms with E-state index in [9.17, 15) is 10.2 Å². The largest absolute Gasteiger partial charge is 0.503 e. The van der Waals surface area contributed by atoms with Crippen LogP contribution in [0.25, 0.3) is 0 Å². The second-order valence-corrected chi connectivity index (χ2v) is 8.63. The van der Waals surface area contributed by atoms with E-state index in [-0.39, 0.29) is 23.2 Å². The van der Waals surface area contributed by atoms with Crippen molar-refractivity contribution in [2.45, 2.75) is 36.5 Å². The standard InChI is InChI=1S/C23H23N3O3/c1-26-10-9-23-15-7-8-18(27)22(23)29-21-19(23)13(12-17(15)26)11-16(20(21)28)25-24-14-5-3-2-4-6-14/h2-8,11,15,17-18,22,27-28H,9-10,12H2,1H3/t15-,17+,18-,22-,23-/m0/s1. The highest BCUT2D eigenvalue weighted by molar-refractivity contribution is 5.70. The van der Waals surface area contributed by atoms with Crippen molar-refractivity contribution in [3.8, 4) is 11.5 Å². The van der Waals surface area contributed by atoms with Crippen molar-refractivity contribution in [1.29, 1.82) is 0 Å². The smallest absolute Gasteiger partial charge is 0.186 e. The molecule has 2 bridgehead atoms. The molecule has 2 aliphatic heterocycles. The number of aliphatic hydroxyl groups is 1. The molecule has 6 rings (SSSR count). The zero-order chi connectivity index (χ0) is 19.8. The van der Waals surface area contributed by atoms with Crippen LogP contribution in [0.5, 0.6) is 11.5 Å². The SMILES string of the molecule is CN1CC[C@]23c4c5cc(N=Nc6ccccc6)c(O)c4O[C@H]2[C@@H](O)C=C[C@H]3[C@H]1C5. The first-order valence-electron chi connectivity index (χ1n) is 10.2. The molecule has 0 amide bonds. The first-order valence-corrected chi connectivity index (χ1v) is 10.2. The summed E-state index contributed by atoms with van der Waals surface area (Å²) in [7, 11) is 2.17. The number of likely N-dealkylation sites (tertiary alicyclic amines) is 1. The average molecular weight is 389 g/mol. The topological polar surface area (TPSA) is 77.7 Å². The Bertz CT molecular complexity index is 1050. The van der Waals surface area contributed by atoms with Gasteiger partial charge in [-0.15, -0.1) is 5.11 Å². The zero-order valence-electron chi connectivity index (χ0n) is 16.2. The number of aliphatic hydroxyl groups excluding tert-OH is 1. The zero-order valence-corrected chi connectivity index (χ0v) is 16.2. The van der Waals surface area contributed by atoms with Crippen molar-refractivity contribution in [2.75, 3.05) is 13.6 Å². The Hall–Kier alpha value is -2.70.